The second-order valence-corrected chi connectivity index (χ2v) is 7.50. The first-order valence-corrected chi connectivity index (χ1v) is 8.49. The number of amides is 1. The summed E-state index contributed by atoms with van der Waals surface area (Å²) in [5.74, 6) is 2.12. The number of carbonyl (C=O) groups excluding carboxylic acids is 1. The maximum atomic E-state index is 12.6. The quantitative estimate of drug-likeness (QED) is 0.897. The summed E-state index contributed by atoms with van der Waals surface area (Å²) in [5.41, 5.74) is 5.93. The monoisotopic (exact) mass is 310 g/mol. The van der Waals surface area contributed by atoms with Gasteiger partial charge in [0, 0.05) is 19.6 Å². The summed E-state index contributed by atoms with van der Waals surface area (Å²) in [6, 6.07) is 0. The zero-order valence-electron chi connectivity index (χ0n) is 13.3. The van der Waals surface area contributed by atoms with E-state index in [1.165, 1.54) is 11.3 Å². The molecule has 1 aromatic heterocycles. The lowest BCUT2D eigenvalue weighted by Crippen LogP contribution is -2.42. The van der Waals surface area contributed by atoms with Crippen molar-refractivity contribution in [3.8, 4) is 0 Å². The number of nitrogens with one attached hydrogen (secondary N) is 1. The Morgan fingerprint density at radius 3 is 2.81 bits per heavy atom. The number of carbonyl (C=O) groups is 1. The molecule has 2 atom stereocenters. The molecule has 1 fully saturated rings. The van der Waals surface area contributed by atoms with Crippen LogP contribution in [0.3, 0.4) is 0 Å². The zero-order valence-corrected chi connectivity index (χ0v) is 14.2. The maximum absolute atomic E-state index is 12.6. The molecule has 2 heterocycles. The van der Waals surface area contributed by atoms with Crippen LogP contribution in [0.5, 0.6) is 0 Å². The van der Waals surface area contributed by atoms with Gasteiger partial charge in [-0.15, -0.1) is 0 Å². The van der Waals surface area contributed by atoms with Crippen LogP contribution in [0.2, 0.25) is 0 Å². The molecule has 0 radical (unpaired) electrons. The molecular formula is C15H26N4OS. The predicted octanol–water partition coefficient (Wildman–Crippen LogP) is 2.91. The minimum Gasteiger partial charge on any atom is -0.382 e. The van der Waals surface area contributed by atoms with Gasteiger partial charge < -0.3 is 16.0 Å². The van der Waals surface area contributed by atoms with E-state index in [9.17, 15) is 4.79 Å². The molecule has 2 rings (SSSR count). The third-order valence-electron chi connectivity index (χ3n) is 4.13. The molecule has 5 nitrogen and oxygen atoms in total. The van der Waals surface area contributed by atoms with Crippen LogP contribution in [0.1, 0.15) is 43.8 Å². The first-order valence-electron chi connectivity index (χ1n) is 7.68. The Bertz CT molecular complexity index is 500. The first kappa shape index (κ1) is 16.1. The second-order valence-electron chi connectivity index (χ2n) is 6.50. The molecule has 0 bridgehead atoms. The third-order valence-corrected chi connectivity index (χ3v) is 5.15. The number of rotatable bonds is 4. The van der Waals surface area contributed by atoms with E-state index >= 15 is 0 Å². The Labute approximate surface area is 130 Å². The van der Waals surface area contributed by atoms with Crippen molar-refractivity contribution < 1.29 is 4.79 Å². The van der Waals surface area contributed by atoms with Crippen LogP contribution in [0.4, 0.5) is 10.9 Å². The number of aromatic nitrogens is 1. The molecule has 1 amide bonds. The Morgan fingerprint density at radius 2 is 2.19 bits per heavy atom. The van der Waals surface area contributed by atoms with Gasteiger partial charge >= 0.3 is 0 Å². The summed E-state index contributed by atoms with van der Waals surface area (Å²) in [4.78, 5) is 19.4. The molecule has 1 aliphatic rings. The molecule has 1 saturated heterocycles. The SMILES string of the molecule is CC(C)CNc1nc(N)c(C(=O)N2CCC(C)C(C)C2)s1. The van der Waals surface area contributed by atoms with Gasteiger partial charge in [-0.25, -0.2) is 4.98 Å². The topological polar surface area (TPSA) is 71.2 Å². The van der Waals surface area contributed by atoms with Gasteiger partial charge in [-0.2, -0.15) is 0 Å². The highest BCUT2D eigenvalue weighted by molar-refractivity contribution is 7.18. The molecule has 0 saturated carbocycles. The number of hydrogen-bond acceptors (Lipinski definition) is 5. The van der Waals surface area contributed by atoms with E-state index in [1.807, 2.05) is 4.90 Å². The fourth-order valence-electron chi connectivity index (χ4n) is 2.44. The number of anilines is 2. The van der Waals surface area contributed by atoms with Crippen LogP contribution in [-0.4, -0.2) is 35.4 Å². The van der Waals surface area contributed by atoms with Gasteiger partial charge in [0.1, 0.15) is 10.7 Å². The Hall–Kier alpha value is -1.30. The van der Waals surface area contributed by atoms with E-state index in [-0.39, 0.29) is 5.91 Å². The van der Waals surface area contributed by atoms with E-state index in [1.54, 1.807) is 0 Å². The van der Waals surface area contributed by atoms with Crippen LogP contribution >= 0.6 is 11.3 Å². The molecule has 118 valence electrons. The van der Waals surface area contributed by atoms with Gasteiger partial charge in [0.25, 0.3) is 5.91 Å². The van der Waals surface area contributed by atoms with E-state index in [0.717, 1.165) is 31.2 Å². The van der Waals surface area contributed by atoms with Gasteiger partial charge in [0.05, 0.1) is 0 Å². The molecule has 1 aromatic rings. The molecular weight excluding hydrogens is 284 g/mol. The number of thiazole rings is 1. The van der Waals surface area contributed by atoms with Gasteiger partial charge in [0.2, 0.25) is 0 Å². The zero-order chi connectivity index (χ0) is 15.6. The molecule has 2 unspecified atom stereocenters. The van der Waals surface area contributed by atoms with Gasteiger partial charge in [-0.05, 0) is 24.2 Å². The van der Waals surface area contributed by atoms with Crippen LogP contribution in [0.25, 0.3) is 0 Å². The van der Waals surface area contributed by atoms with Crippen LogP contribution in [0.15, 0.2) is 0 Å². The lowest BCUT2D eigenvalue weighted by Gasteiger charge is -2.35. The summed E-state index contributed by atoms with van der Waals surface area (Å²) in [5, 5.41) is 3.97. The average molecular weight is 310 g/mol. The van der Waals surface area contributed by atoms with E-state index in [0.29, 0.717) is 28.4 Å². The Kier molecular flexibility index (Phi) is 5.08. The van der Waals surface area contributed by atoms with E-state index in [2.05, 4.69) is 38.0 Å². The van der Waals surface area contributed by atoms with Crippen molar-refractivity contribution in [2.45, 2.75) is 34.1 Å². The minimum atomic E-state index is 0.0290. The molecule has 0 aliphatic carbocycles. The summed E-state index contributed by atoms with van der Waals surface area (Å²) in [6.07, 6.45) is 1.06. The molecule has 1 aliphatic heterocycles. The number of piperidine rings is 1. The normalized spacial score (nSPS) is 22.6. The Morgan fingerprint density at radius 1 is 1.48 bits per heavy atom. The van der Waals surface area contributed by atoms with Crippen LogP contribution in [-0.2, 0) is 0 Å². The maximum Gasteiger partial charge on any atom is 0.267 e. The van der Waals surface area contributed by atoms with E-state index in [4.69, 9.17) is 5.73 Å². The van der Waals surface area contributed by atoms with Gasteiger partial charge in [-0.1, -0.05) is 39.0 Å². The largest absolute Gasteiger partial charge is 0.382 e. The molecule has 0 aromatic carbocycles. The fraction of sp³-hybridized carbons (Fsp3) is 0.733. The lowest BCUT2D eigenvalue weighted by molar-refractivity contribution is 0.0633. The highest BCUT2D eigenvalue weighted by Gasteiger charge is 2.29. The lowest BCUT2D eigenvalue weighted by atomic mass is 9.88. The van der Waals surface area contributed by atoms with Crippen molar-refractivity contribution in [3.05, 3.63) is 4.88 Å². The van der Waals surface area contributed by atoms with Crippen molar-refractivity contribution in [2.24, 2.45) is 17.8 Å². The molecule has 6 heteroatoms. The average Bonchev–Trinajstić information content (AvgIpc) is 2.80. The third kappa shape index (κ3) is 3.87. The highest BCUT2D eigenvalue weighted by atomic mass is 32.1. The number of nitrogen functional groups attached to an aromatic ring is 1. The smallest absolute Gasteiger partial charge is 0.267 e. The first-order chi connectivity index (χ1) is 9.88. The molecule has 0 spiro atoms. The standard InChI is InChI=1S/C15H26N4OS/c1-9(2)7-17-15-18-13(16)12(21-15)14(20)19-6-5-10(3)11(4)8-19/h9-11H,5-8,16H2,1-4H3,(H,17,18). The van der Waals surface area contributed by atoms with E-state index < -0.39 is 0 Å². The van der Waals surface area contributed by atoms with Crippen LogP contribution in [0, 0.1) is 17.8 Å². The van der Waals surface area contributed by atoms with Crippen molar-refractivity contribution >= 4 is 28.2 Å². The van der Waals surface area contributed by atoms with Gasteiger partial charge in [-0.3, -0.25) is 4.79 Å². The number of hydrogen-bond donors (Lipinski definition) is 2. The second kappa shape index (κ2) is 6.64. The summed E-state index contributed by atoms with van der Waals surface area (Å²) < 4.78 is 0. The fourth-order valence-corrected chi connectivity index (χ4v) is 3.30. The van der Waals surface area contributed by atoms with Gasteiger partial charge in [0.15, 0.2) is 5.13 Å². The number of likely N-dealkylation sites (tertiary alicyclic amines) is 1. The predicted molar refractivity (Wildman–Crippen MR) is 88.7 cm³/mol. The van der Waals surface area contributed by atoms with Crippen molar-refractivity contribution in [3.63, 3.8) is 0 Å². The molecule has 3 N–H and O–H groups in total. The number of nitrogens with zero attached hydrogens (tertiary/aromatic N) is 2. The number of nitrogens with two attached hydrogens (primary N) is 1. The van der Waals surface area contributed by atoms with Crippen LogP contribution < -0.4 is 11.1 Å². The minimum absolute atomic E-state index is 0.0290. The molecule has 21 heavy (non-hydrogen) atoms. The van der Waals surface area contributed by atoms with Crippen molar-refractivity contribution in [1.29, 1.82) is 0 Å². The summed E-state index contributed by atoms with van der Waals surface area (Å²) >= 11 is 1.37. The summed E-state index contributed by atoms with van der Waals surface area (Å²) in [7, 11) is 0. The van der Waals surface area contributed by atoms with Crippen molar-refractivity contribution in [2.75, 3.05) is 30.7 Å². The Balaban J connectivity index is 2.05. The highest BCUT2D eigenvalue weighted by Crippen LogP contribution is 2.29. The van der Waals surface area contributed by atoms with Crippen molar-refractivity contribution in [1.82, 2.24) is 9.88 Å². The summed E-state index contributed by atoms with van der Waals surface area (Å²) in [6.45, 7) is 11.2.